The molecule has 2 unspecified atom stereocenters. The minimum absolute atomic E-state index is 0.0620. The first kappa shape index (κ1) is 15.2. The molecule has 0 bridgehead atoms. The van der Waals surface area contributed by atoms with E-state index in [4.69, 9.17) is 0 Å². The van der Waals surface area contributed by atoms with E-state index in [1.807, 2.05) is 13.8 Å². The van der Waals surface area contributed by atoms with E-state index in [0.717, 1.165) is 24.2 Å². The summed E-state index contributed by atoms with van der Waals surface area (Å²) in [5.41, 5.74) is 2.31. The molecule has 5 heteroatoms. The first-order chi connectivity index (χ1) is 9.27. The minimum atomic E-state index is -3.06. The molecular weight excluding hydrogens is 274 g/mol. The molecule has 0 spiro atoms. The predicted molar refractivity (Wildman–Crippen MR) is 78.6 cm³/mol. The van der Waals surface area contributed by atoms with Crippen LogP contribution in [0.4, 0.5) is 0 Å². The van der Waals surface area contributed by atoms with Crippen molar-refractivity contribution in [1.29, 1.82) is 0 Å². The van der Waals surface area contributed by atoms with Crippen LogP contribution in [-0.4, -0.2) is 30.7 Å². The van der Waals surface area contributed by atoms with Crippen molar-refractivity contribution in [2.45, 2.75) is 44.8 Å². The summed E-state index contributed by atoms with van der Waals surface area (Å²) in [5.74, 6) is -0.114. The first-order valence-electron chi connectivity index (χ1n) is 6.95. The highest BCUT2D eigenvalue weighted by Crippen LogP contribution is 2.31. The third-order valence-electron chi connectivity index (χ3n) is 3.97. The molecule has 0 amide bonds. The Balaban J connectivity index is 2.20. The Bertz CT molecular complexity index is 602. The Morgan fingerprint density at radius 3 is 2.35 bits per heavy atom. The second kappa shape index (κ2) is 5.64. The van der Waals surface area contributed by atoms with Gasteiger partial charge in [-0.05, 0) is 45.2 Å². The third kappa shape index (κ3) is 3.45. The highest BCUT2D eigenvalue weighted by atomic mass is 32.2. The van der Waals surface area contributed by atoms with Crippen molar-refractivity contribution in [3.8, 4) is 0 Å². The summed E-state index contributed by atoms with van der Waals surface area (Å²) in [6.45, 7) is 3.73. The lowest BCUT2D eigenvalue weighted by Gasteiger charge is -2.27. The molecule has 0 radical (unpaired) electrons. The van der Waals surface area contributed by atoms with E-state index in [9.17, 15) is 13.2 Å². The zero-order chi connectivity index (χ0) is 14.9. The second-order valence-corrected chi connectivity index (χ2v) is 8.14. The second-order valence-electron chi connectivity index (χ2n) is 5.82. The van der Waals surface area contributed by atoms with Gasteiger partial charge in [-0.3, -0.25) is 9.78 Å². The number of sulfone groups is 1. The number of aromatic nitrogens is 1. The zero-order valence-corrected chi connectivity index (χ0v) is 13.0. The maximum Gasteiger partial charge on any atom is 0.166 e. The van der Waals surface area contributed by atoms with E-state index < -0.39 is 9.84 Å². The van der Waals surface area contributed by atoms with Gasteiger partial charge in [-0.25, -0.2) is 8.42 Å². The molecular formula is C15H21NO3S. The fourth-order valence-corrected chi connectivity index (χ4v) is 4.16. The van der Waals surface area contributed by atoms with Crippen LogP contribution in [0, 0.1) is 19.8 Å². The van der Waals surface area contributed by atoms with Gasteiger partial charge in [-0.1, -0.05) is 6.42 Å². The van der Waals surface area contributed by atoms with Crippen LogP contribution in [0.25, 0.3) is 0 Å². The van der Waals surface area contributed by atoms with Gasteiger partial charge in [0.2, 0.25) is 0 Å². The Kier molecular flexibility index (Phi) is 4.28. The molecule has 0 aliphatic heterocycles. The van der Waals surface area contributed by atoms with Crippen molar-refractivity contribution in [2.75, 3.05) is 6.26 Å². The lowest BCUT2D eigenvalue weighted by Crippen LogP contribution is -2.31. The lowest BCUT2D eigenvalue weighted by molar-refractivity contribution is 0.0890. The molecule has 4 nitrogen and oxygen atoms in total. The Morgan fingerprint density at radius 1 is 1.20 bits per heavy atom. The molecule has 1 aliphatic carbocycles. The zero-order valence-electron chi connectivity index (χ0n) is 12.2. The SMILES string of the molecule is Cc1cc(C(=O)C2CCCC(S(C)(=O)=O)C2)cc(C)n1. The topological polar surface area (TPSA) is 64.1 Å². The van der Waals surface area contributed by atoms with E-state index in [1.54, 1.807) is 12.1 Å². The quantitative estimate of drug-likeness (QED) is 0.804. The Hall–Kier alpha value is -1.23. The largest absolute Gasteiger partial charge is 0.294 e. The molecule has 1 aromatic rings. The van der Waals surface area contributed by atoms with E-state index >= 15 is 0 Å². The molecule has 0 N–H and O–H groups in total. The van der Waals surface area contributed by atoms with Crippen LogP contribution in [-0.2, 0) is 9.84 Å². The number of hydrogen-bond donors (Lipinski definition) is 0. The van der Waals surface area contributed by atoms with Gasteiger partial charge >= 0.3 is 0 Å². The van der Waals surface area contributed by atoms with Gasteiger partial charge in [-0.15, -0.1) is 0 Å². The van der Waals surface area contributed by atoms with Gasteiger partial charge in [0.05, 0.1) is 5.25 Å². The fourth-order valence-electron chi connectivity index (χ4n) is 2.98. The fraction of sp³-hybridized carbons (Fsp3) is 0.600. The summed E-state index contributed by atoms with van der Waals surface area (Å²) in [6.07, 6.45) is 3.99. The normalized spacial score (nSPS) is 23.6. The number of pyridine rings is 1. The number of rotatable bonds is 3. The molecule has 2 atom stereocenters. The number of aryl methyl sites for hydroxylation is 2. The van der Waals surface area contributed by atoms with Crippen molar-refractivity contribution in [3.05, 3.63) is 29.1 Å². The molecule has 20 heavy (non-hydrogen) atoms. The highest BCUT2D eigenvalue weighted by Gasteiger charge is 2.32. The van der Waals surface area contributed by atoms with Crippen molar-refractivity contribution >= 4 is 15.6 Å². The van der Waals surface area contributed by atoms with Crippen LogP contribution in [0.15, 0.2) is 12.1 Å². The van der Waals surface area contributed by atoms with Gasteiger partial charge in [0.1, 0.15) is 9.84 Å². The van der Waals surface area contributed by atoms with E-state index in [1.165, 1.54) is 6.26 Å². The maximum atomic E-state index is 12.6. The number of nitrogens with zero attached hydrogens (tertiary/aromatic N) is 1. The smallest absolute Gasteiger partial charge is 0.166 e. The Morgan fingerprint density at radius 2 is 1.80 bits per heavy atom. The van der Waals surface area contributed by atoms with Crippen molar-refractivity contribution in [3.63, 3.8) is 0 Å². The van der Waals surface area contributed by atoms with Crippen LogP contribution < -0.4 is 0 Å². The van der Waals surface area contributed by atoms with Crippen LogP contribution in [0.5, 0.6) is 0 Å². The molecule has 1 aromatic heterocycles. The van der Waals surface area contributed by atoms with Crippen molar-refractivity contribution in [1.82, 2.24) is 4.98 Å². The van der Waals surface area contributed by atoms with Gasteiger partial charge in [0, 0.05) is 29.1 Å². The third-order valence-corrected chi connectivity index (χ3v) is 5.61. The summed E-state index contributed by atoms with van der Waals surface area (Å²) >= 11 is 0. The molecule has 2 rings (SSSR count). The molecule has 1 heterocycles. The number of Topliss-reactive ketones (excluding diaryl/α,β-unsaturated/α-hetero) is 1. The van der Waals surface area contributed by atoms with E-state index in [-0.39, 0.29) is 17.0 Å². The highest BCUT2D eigenvalue weighted by molar-refractivity contribution is 7.91. The maximum absolute atomic E-state index is 12.6. The minimum Gasteiger partial charge on any atom is -0.294 e. The molecule has 0 aromatic carbocycles. The van der Waals surface area contributed by atoms with Gasteiger partial charge in [0.25, 0.3) is 0 Å². The van der Waals surface area contributed by atoms with Gasteiger partial charge < -0.3 is 0 Å². The molecule has 1 aliphatic rings. The average Bonchev–Trinajstić information content (AvgIpc) is 2.36. The summed E-state index contributed by atoms with van der Waals surface area (Å²) in [4.78, 5) is 16.8. The average molecular weight is 295 g/mol. The molecule has 1 fully saturated rings. The van der Waals surface area contributed by atoms with Crippen LogP contribution >= 0.6 is 0 Å². The standard InChI is InChI=1S/C15H21NO3S/c1-10-7-13(8-11(2)16-10)15(17)12-5-4-6-14(9-12)20(3,18)19/h7-8,12,14H,4-6,9H2,1-3H3. The summed E-state index contributed by atoms with van der Waals surface area (Å²) in [5, 5.41) is -0.366. The summed E-state index contributed by atoms with van der Waals surface area (Å²) < 4.78 is 23.4. The number of carbonyl (C=O) groups is 1. The van der Waals surface area contributed by atoms with Crippen molar-refractivity contribution in [2.24, 2.45) is 5.92 Å². The number of carbonyl (C=O) groups excluding carboxylic acids is 1. The summed E-state index contributed by atoms with van der Waals surface area (Å²) in [6, 6.07) is 3.58. The van der Waals surface area contributed by atoms with Crippen LogP contribution in [0.2, 0.25) is 0 Å². The predicted octanol–water partition coefficient (Wildman–Crippen LogP) is 2.48. The Labute approximate surface area is 120 Å². The molecule has 0 saturated heterocycles. The van der Waals surface area contributed by atoms with Crippen LogP contribution in [0.1, 0.15) is 47.4 Å². The van der Waals surface area contributed by atoms with E-state index in [0.29, 0.717) is 18.4 Å². The van der Waals surface area contributed by atoms with E-state index in [2.05, 4.69) is 4.98 Å². The number of ketones is 1. The number of hydrogen-bond acceptors (Lipinski definition) is 4. The van der Waals surface area contributed by atoms with Crippen molar-refractivity contribution < 1.29 is 13.2 Å². The molecule has 1 saturated carbocycles. The molecule has 110 valence electrons. The van der Waals surface area contributed by atoms with Crippen LogP contribution in [0.3, 0.4) is 0 Å². The summed E-state index contributed by atoms with van der Waals surface area (Å²) in [7, 11) is -3.06. The van der Waals surface area contributed by atoms with Gasteiger partial charge in [0.15, 0.2) is 5.78 Å². The van der Waals surface area contributed by atoms with Gasteiger partial charge in [-0.2, -0.15) is 0 Å². The monoisotopic (exact) mass is 295 g/mol. The first-order valence-corrected chi connectivity index (χ1v) is 8.91. The lowest BCUT2D eigenvalue weighted by atomic mass is 9.83.